The van der Waals surface area contributed by atoms with E-state index in [1.54, 1.807) is 24.3 Å². The molecule has 2 rings (SSSR count). The number of carbonyl (C=O) groups excluding carboxylic acids is 1. The van der Waals surface area contributed by atoms with Crippen LogP contribution in [0.2, 0.25) is 5.02 Å². The van der Waals surface area contributed by atoms with E-state index in [9.17, 15) is 4.79 Å². The predicted octanol–water partition coefficient (Wildman–Crippen LogP) is 5.31. The van der Waals surface area contributed by atoms with Gasteiger partial charge in [-0.05, 0) is 60.9 Å². The molecule has 0 N–H and O–H groups in total. The maximum Gasteiger partial charge on any atom is 0.193 e. The Kier molecular flexibility index (Phi) is 6.02. The maximum absolute atomic E-state index is 12.6. The van der Waals surface area contributed by atoms with Crippen molar-refractivity contribution in [3.63, 3.8) is 0 Å². The maximum atomic E-state index is 12.6. The van der Waals surface area contributed by atoms with Gasteiger partial charge in [-0.2, -0.15) is 0 Å². The van der Waals surface area contributed by atoms with Gasteiger partial charge in [0.25, 0.3) is 0 Å². The topological polar surface area (TPSA) is 26.3 Å². The summed E-state index contributed by atoms with van der Waals surface area (Å²) < 4.78 is 5.77. The zero-order valence-corrected chi connectivity index (χ0v) is 13.8. The Morgan fingerprint density at radius 1 is 1.00 bits per heavy atom. The molecule has 0 aliphatic carbocycles. The first kappa shape index (κ1) is 16.6. The van der Waals surface area contributed by atoms with Crippen LogP contribution in [0, 0.1) is 0 Å². The van der Waals surface area contributed by atoms with E-state index in [0.717, 1.165) is 30.6 Å². The highest BCUT2D eigenvalue weighted by Crippen LogP contribution is 2.24. The Bertz CT molecular complexity index is 632. The minimum absolute atomic E-state index is 0.0102. The highest BCUT2D eigenvalue weighted by atomic mass is 35.5. The quantitative estimate of drug-likeness (QED) is 0.647. The van der Waals surface area contributed by atoms with Crippen molar-refractivity contribution in [2.45, 2.75) is 33.1 Å². The van der Waals surface area contributed by atoms with E-state index < -0.39 is 0 Å². The van der Waals surface area contributed by atoms with E-state index in [0.29, 0.717) is 22.8 Å². The molecular formula is C19H21ClO2. The second-order valence-corrected chi connectivity index (χ2v) is 5.69. The van der Waals surface area contributed by atoms with Crippen molar-refractivity contribution in [1.29, 1.82) is 0 Å². The molecule has 3 heteroatoms. The van der Waals surface area contributed by atoms with Crippen LogP contribution in [-0.2, 0) is 6.42 Å². The van der Waals surface area contributed by atoms with Crippen LogP contribution >= 0.6 is 11.6 Å². The lowest BCUT2D eigenvalue weighted by atomic mass is 9.99. The molecule has 2 nitrogen and oxygen atoms in total. The second kappa shape index (κ2) is 8.00. The number of halogens is 1. The fourth-order valence-corrected chi connectivity index (χ4v) is 2.43. The summed E-state index contributed by atoms with van der Waals surface area (Å²) in [5, 5.41) is 0.631. The van der Waals surface area contributed by atoms with Crippen molar-refractivity contribution >= 4 is 17.4 Å². The fraction of sp³-hybridized carbons (Fsp3) is 0.316. The van der Waals surface area contributed by atoms with Crippen LogP contribution in [0.25, 0.3) is 0 Å². The standard InChI is InChI=1S/C19H21ClO2/c1-3-5-15-13-16(8-11-18(15)22-12-4-2)19(21)14-6-9-17(20)10-7-14/h6-11,13H,3-5,12H2,1-2H3. The summed E-state index contributed by atoms with van der Waals surface area (Å²) in [6.07, 6.45) is 2.89. The van der Waals surface area contributed by atoms with E-state index in [1.165, 1.54) is 0 Å². The number of ether oxygens (including phenoxy) is 1. The van der Waals surface area contributed by atoms with Crippen molar-refractivity contribution in [2.24, 2.45) is 0 Å². The lowest BCUT2D eigenvalue weighted by Gasteiger charge is -2.12. The lowest BCUT2D eigenvalue weighted by molar-refractivity contribution is 0.103. The molecule has 2 aromatic rings. The highest BCUT2D eigenvalue weighted by molar-refractivity contribution is 6.30. The Morgan fingerprint density at radius 2 is 1.68 bits per heavy atom. The summed E-state index contributed by atoms with van der Waals surface area (Å²) in [7, 11) is 0. The number of ketones is 1. The van der Waals surface area contributed by atoms with Crippen LogP contribution in [0.15, 0.2) is 42.5 Å². The highest BCUT2D eigenvalue weighted by Gasteiger charge is 2.12. The Labute approximate surface area is 137 Å². The summed E-state index contributed by atoms with van der Waals surface area (Å²) in [5.74, 6) is 0.896. The smallest absolute Gasteiger partial charge is 0.193 e. The van der Waals surface area contributed by atoms with E-state index in [2.05, 4.69) is 13.8 Å². The molecule has 0 heterocycles. The van der Waals surface area contributed by atoms with E-state index in [-0.39, 0.29) is 5.78 Å². The second-order valence-electron chi connectivity index (χ2n) is 5.26. The molecule has 0 unspecified atom stereocenters. The fourth-order valence-electron chi connectivity index (χ4n) is 2.31. The van der Waals surface area contributed by atoms with Gasteiger partial charge in [-0.25, -0.2) is 0 Å². The van der Waals surface area contributed by atoms with Gasteiger partial charge in [0, 0.05) is 16.1 Å². The van der Waals surface area contributed by atoms with E-state index in [4.69, 9.17) is 16.3 Å². The summed E-state index contributed by atoms with van der Waals surface area (Å²) in [6.45, 7) is 4.90. The Morgan fingerprint density at radius 3 is 2.32 bits per heavy atom. The molecule has 0 amide bonds. The molecule has 0 spiro atoms. The molecule has 116 valence electrons. The molecule has 0 fully saturated rings. The van der Waals surface area contributed by atoms with Crippen molar-refractivity contribution in [3.8, 4) is 5.75 Å². The van der Waals surface area contributed by atoms with Crippen molar-refractivity contribution in [1.82, 2.24) is 0 Å². The van der Waals surface area contributed by atoms with Gasteiger partial charge in [0.05, 0.1) is 6.61 Å². The molecule has 0 aromatic heterocycles. The number of hydrogen-bond donors (Lipinski definition) is 0. The van der Waals surface area contributed by atoms with Gasteiger partial charge in [-0.1, -0.05) is 31.9 Å². The van der Waals surface area contributed by atoms with Gasteiger partial charge in [-0.15, -0.1) is 0 Å². The third kappa shape index (κ3) is 4.11. The van der Waals surface area contributed by atoms with E-state index in [1.807, 2.05) is 18.2 Å². The van der Waals surface area contributed by atoms with Gasteiger partial charge >= 0.3 is 0 Å². The summed E-state index contributed by atoms with van der Waals surface area (Å²) in [6, 6.07) is 12.7. The first-order chi connectivity index (χ1) is 10.7. The molecule has 0 aliphatic rings. The monoisotopic (exact) mass is 316 g/mol. The van der Waals surface area contributed by atoms with Crippen molar-refractivity contribution in [3.05, 3.63) is 64.2 Å². The summed E-state index contributed by atoms with van der Waals surface area (Å²) in [5.41, 5.74) is 2.43. The third-order valence-corrected chi connectivity index (χ3v) is 3.66. The largest absolute Gasteiger partial charge is 0.493 e. The molecule has 0 aliphatic heterocycles. The first-order valence-corrected chi connectivity index (χ1v) is 8.09. The van der Waals surface area contributed by atoms with Crippen LogP contribution < -0.4 is 4.74 Å². The Hall–Kier alpha value is -1.80. The van der Waals surface area contributed by atoms with Crippen LogP contribution in [0.3, 0.4) is 0 Å². The summed E-state index contributed by atoms with van der Waals surface area (Å²) >= 11 is 5.87. The number of rotatable bonds is 7. The summed E-state index contributed by atoms with van der Waals surface area (Å²) in [4.78, 5) is 12.6. The number of carbonyl (C=O) groups is 1. The molecule has 22 heavy (non-hydrogen) atoms. The molecule has 2 aromatic carbocycles. The van der Waals surface area contributed by atoms with Gasteiger partial charge in [0.2, 0.25) is 0 Å². The van der Waals surface area contributed by atoms with Gasteiger partial charge < -0.3 is 4.74 Å². The average Bonchev–Trinajstić information content (AvgIpc) is 2.54. The minimum atomic E-state index is 0.0102. The zero-order valence-electron chi connectivity index (χ0n) is 13.1. The van der Waals surface area contributed by atoms with Gasteiger partial charge in [0.15, 0.2) is 5.78 Å². The number of hydrogen-bond acceptors (Lipinski definition) is 2. The van der Waals surface area contributed by atoms with Gasteiger partial charge in [-0.3, -0.25) is 4.79 Å². The van der Waals surface area contributed by atoms with Crippen molar-refractivity contribution < 1.29 is 9.53 Å². The molecule has 0 radical (unpaired) electrons. The average molecular weight is 317 g/mol. The minimum Gasteiger partial charge on any atom is -0.493 e. The molecule has 0 atom stereocenters. The normalized spacial score (nSPS) is 10.5. The number of aryl methyl sites for hydroxylation is 1. The van der Waals surface area contributed by atoms with Crippen LogP contribution in [0.4, 0.5) is 0 Å². The van der Waals surface area contributed by atoms with Crippen molar-refractivity contribution in [2.75, 3.05) is 6.61 Å². The van der Waals surface area contributed by atoms with E-state index >= 15 is 0 Å². The SMILES string of the molecule is CCCOc1ccc(C(=O)c2ccc(Cl)cc2)cc1CCC. The van der Waals surface area contributed by atoms with Crippen LogP contribution in [0.5, 0.6) is 5.75 Å². The lowest BCUT2D eigenvalue weighted by Crippen LogP contribution is -2.04. The van der Waals surface area contributed by atoms with Crippen LogP contribution in [-0.4, -0.2) is 12.4 Å². The van der Waals surface area contributed by atoms with Gasteiger partial charge in [0.1, 0.15) is 5.75 Å². The Balaban J connectivity index is 2.28. The molecule has 0 bridgehead atoms. The number of benzene rings is 2. The van der Waals surface area contributed by atoms with Crippen LogP contribution in [0.1, 0.15) is 48.2 Å². The molecule has 0 saturated carbocycles. The molecule has 0 saturated heterocycles. The zero-order chi connectivity index (χ0) is 15.9. The predicted molar refractivity (Wildman–Crippen MR) is 91.1 cm³/mol. The first-order valence-electron chi connectivity index (χ1n) is 7.71. The molecular weight excluding hydrogens is 296 g/mol. The third-order valence-electron chi connectivity index (χ3n) is 3.41.